The summed E-state index contributed by atoms with van der Waals surface area (Å²) in [6.45, 7) is 30.6. The Morgan fingerprint density at radius 2 is 1.39 bits per heavy atom. The highest BCUT2D eigenvalue weighted by molar-refractivity contribution is 6.31. The normalized spacial score (nSPS) is 12.4. The van der Waals surface area contributed by atoms with Gasteiger partial charge in [0.2, 0.25) is 0 Å². The first-order valence-corrected chi connectivity index (χ1v) is 22.1. The molecule has 0 amide bonds. The summed E-state index contributed by atoms with van der Waals surface area (Å²) in [5, 5.41) is 0.697. The quantitative estimate of drug-likeness (QED) is 0.0213. The summed E-state index contributed by atoms with van der Waals surface area (Å²) in [5.74, 6) is 3.16. The molecule has 2 aromatic carbocycles. The first kappa shape index (κ1) is 57.8. The van der Waals surface area contributed by atoms with Gasteiger partial charge in [-0.2, -0.15) is 0 Å². The Bertz CT molecular complexity index is 1330. The maximum atomic E-state index is 10.1. The zero-order valence-corrected chi connectivity index (χ0v) is 38.9. The molecule has 1 heterocycles. The van der Waals surface area contributed by atoms with Gasteiger partial charge in [-0.1, -0.05) is 184 Å². The molecule has 5 heteroatoms. The van der Waals surface area contributed by atoms with E-state index < -0.39 is 0 Å². The predicted molar refractivity (Wildman–Crippen MR) is 254 cm³/mol. The van der Waals surface area contributed by atoms with Gasteiger partial charge < -0.3 is 14.2 Å². The number of ether oxygens (including phenoxy) is 3. The van der Waals surface area contributed by atoms with Gasteiger partial charge in [0.15, 0.2) is 0 Å². The van der Waals surface area contributed by atoms with Crippen molar-refractivity contribution in [2.45, 2.75) is 172 Å². The molecule has 1 aliphatic rings. The number of benzene rings is 2. The zero-order valence-electron chi connectivity index (χ0n) is 38.2. The van der Waals surface area contributed by atoms with Crippen molar-refractivity contribution < 1.29 is 19.0 Å². The van der Waals surface area contributed by atoms with Crippen LogP contribution in [-0.2, 0) is 9.47 Å². The van der Waals surface area contributed by atoms with E-state index in [9.17, 15) is 4.79 Å². The molecule has 0 spiro atoms. The average Bonchev–Trinajstić information content (AvgIpc) is 4.09. The van der Waals surface area contributed by atoms with Crippen LogP contribution in [0.25, 0.3) is 5.57 Å². The molecule has 322 valence electrons. The maximum Gasteiger partial charge on any atom is 0.150 e. The summed E-state index contributed by atoms with van der Waals surface area (Å²) in [5.41, 5.74) is 6.22. The highest BCUT2D eigenvalue weighted by Gasteiger charge is 2.18. The zero-order chi connectivity index (χ0) is 43.5. The van der Waals surface area contributed by atoms with Crippen LogP contribution in [0, 0.1) is 19.3 Å². The van der Waals surface area contributed by atoms with Gasteiger partial charge >= 0.3 is 0 Å². The summed E-state index contributed by atoms with van der Waals surface area (Å²) < 4.78 is 16.2. The van der Waals surface area contributed by atoms with Crippen LogP contribution < -0.4 is 4.74 Å². The molecule has 0 radical (unpaired) electrons. The van der Waals surface area contributed by atoms with Crippen LogP contribution in [-0.4, -0.2) is 32.2 Å². The van der Waals surface area contributed by atoms with Crippen molar-refractivity contribution in [2.24, 2.45) is 0 Å². The molecule has 2 aromatic rings. The second-order valence-electron chi connectivity index (χ2n) is 13.8. The monoisotopic (exact) mass is 807 g/mol. The van der Waals surface area contributed by atoms with Crippen molar-refractivity contribution in [3.63, 3.8) is 0 Å². The second-order valence-corrected chi connectivity index (χ2v) is 14.2. The van der Waals surface area contributed by atoms with Crippen molar-refractivity contribution >= 4 is 23.5 Å². The van der Waals surface area contributed by atoms with Crippen LogP contribution in [0.1, 0.15) is 180 Å². The molecule has 3 rings (SSSR count). The lowest BCUT2D eigenvalue weighted by molar-refractivity contribution is 0.112. The van der Waals surface area contributed by atoms with E-state index in [1.807, 2.05) is 89.2 Å². The number of unbranched alkanes of at least 4 members (excludes halogenated alkanes) is 10. The lowest BCUT2D eigenvalue weighted by Crippen LogP contribution is -1.98. The molecular formula is C52H83ClO4. The summed E-state index contributed by atoms with van der Waals surface area (Å²) in [6.07, 6.45) is 29.2. The standard InChI is InChI=1S/C23H33ClO2.C12H24.C8H8O.C4H8O.C3H4.C2H6/c1-5-7-8-9-10-11-16-26-22-14-12-21(13-15-22)19(3)17-25-18-20(4)23(24)6-2;1-4-6-7-8-9-10-11-12(3)5-2;1-7-2-4-8(6-9)5-3-7;1-2-4-3-5-4;1-3-2;1-2/h6,12-15,18H,3,5,7-11,16-17H2,1-2,4H3;3-11H2,1-2H3;2-6H,1H3;4H,2-3H2,1H3;1H,2H3;1-2H3/b20-18-,23-6+;;;;;. The van der Waals surface area contributed by atoms with Crippen LogP contribution in [0.5, 0.6) is 5.75 Å². The van der Waals surface area contributed by atoms with E-state index >= 15 is 0 Å². The molecule has 0 saturated carbocycles. The fraction of sp³-hybridized carbons (Fsp3) is 0.558. The third-order valence-corrected chi connectivity index (χ3v) is 9.15. The summed E-state index contributed by atoms with van der Waals surface area (Å²) in [7, 11) is 0. The van der Waals surface area contributed by atoms with E-state index in [1.54, 1.807) is 13.2 Å². The fourth-order valence-corrected chi connectivity index (χ4v) is 4.82. The molecule has 1 saturated heterocycles. The molecule has 1 atom stereocenters. The molecule has 1 aliphatic heterocycles. The third kappa shape index (κ3) is 39.1. The number of halogens is 1. The van der Waals surface area contributed by atoms with Gasteiger partial charge in [-0.3, -0.25) is 4.79 Å². The largest absolute Gasteiger partial charge is 0.496 e. The molecule has 0 bridgehead atoms. The Kier molecular flexibility index (Phi) is 44.2. The lowest BCUT2D eigenvalue weighted by Gasteiger charge is -2.09. The molecule has 57 heavy (non-hydrogen) atoms. The maximum absolute atomic E-state index is 10.1. The van der Waals surface area contributed by atoms with E-state index in [-0.39, 0.29) is 0 Å². The van der Waals surface area contributed by atoms with Gasteiger partial charge in [-0.05, 0) is 83.1 Å². The number of carbonyl (C=O) groups is 1. The van der Waals surface area contributed by atoms with Gasteiger partial charge in [0.1, 0.15) is 18.6 Å². The Morgan fingerprint density at radius 1 is 0.877 bits per heavy atom. The van der Waals surface area contributed by atoms with E-state index in [0.717, 1.165) is 60.4 Å². The number of epoxide rings is 1. The van der Waals surface area contributed by atoms with E-state index in [1.165, 1.54) is 94.6 Å². The first-order valence-electron chi connectivity index (χ1n) is 21.8. The highest BCUT2D eigenvalue weighted by Crippen LogP contribution is 2.20. The summed E-state index contributed by atoms with van der Waals surface area (Å²) in [6, 6.07) is 15.5. The van der Waals surface area contributed by atoms with Crippen molar-refractivity contribution in [1.82, 2.24) is 0 Å². The Balaban J connectivity index is -0.000000768. The fourth-order valence-electron chi connectivity index (χ4n) is 4.77. The molecule has 4 nitrogen and oxygen atoms in total. The number of allylic oxidation sites excluding steroid dienone is 4. The number of aldehydes is 1. The third-order valence-electron chi connectivity index (χ3n) is 8.63. The van der Waals surface area contributed by atoms with Crippen molar-refractivity contribution in [2.75, 3.05) is 19.8 Å². The van der Waals surface area contributed by atoms with E-state index in [4.69, 9.17) is 25.8 Å². The number of hydrogen-bond donors (Lipinski definition) is 0. The van der Waals surface area contributed by atoms with Crippen LogP contribution in [0.2, 0.25) is 0 Å². The molecule has 0 aliphatic carbocycles. The second kappa shape index (κ2) is 43.6. The average molecular weight is 808 g/mol. The Labute approximate surface area is 357 Å². The molecule has 0 N–H and O–H groups in total. The molecular weight excluding hydrogens is 724 g/mol. The minimum absolute atomic E-state index is 0.434. The smallest absolute Gasteiger partial charge is 0.150 e. The van der Waals surface area contributed by atoms with Crippen LogP contribution in [0.4, 0.5) is 0 Å². The van der Waals surface area contributed by atoms with Crippen molar-refractivity contribution in [1.29, 1.82) is 0 Å². The SMILES string of the molecule is C#CC.C=C(CC)CCCCCCCC.C=C(CO/C=C(C)\C(Cl)=C/C)c1ccc(OCCCCCCCC)cc1.CC.CCC1CO1.Cc1ccc(C=O)cc1. The van der Waals surface area contributed by atoms with Gasteiger partial charge in [-0.15, -0.1) is 12.3 Å². The van der Waals surface area contributed by atoms with Crippen LogP contribution in [0.3, 0.4) is 0 Å². The van der Waals surface area contributed by atoms with Gasteiger partial charge in [0.25, 0.3) is 0 Å². The van der Waals surface area contributed by atoms with Crippen molar-refractivity contribution in [3.8, 4) is 18.1 Å². The van der Waals surface area contributed by atoms with Gasteiger partial charge in [-0.25, -0.2) is 0 Å². The number of rotatable bonds is 23. The predicted octanol–water partition coefficient (Wildman–Crippen LogP) is 16.5. The number of aryl methyl sites for hydroxylation is 1. The number of hydrogen-bond acceptors (Lipinski definition) is 4. The Morgan fingerprint density at radius 3 is 1.82 bits per heavy atom. The van der Waals surface area contributed by atoms with Crippen LogP contribution in [0.15, 0.2) is 90.2 Å². The first-order chi connectivity index (χ1) is 27.6. The minimum Gasteiger partial charge on any atom is -0.496 e. The molecule has 1 unspecified atom stereocenters. The van der Waals surface area contributed by atoms with Gasteiger partial charge in [0.05, 0.1) is 25.6 Å². The summed E-state index contributed by atoms with van der Waals surface area (Å²) >= 11 is 6.03. The summed E-state index contributed by atoms with van der Waals surface area (Å²) in [4.78, 5) is 10.1. The van der Waals surface area contributed by atoms with Crippen molar-refractivity contribution in [3.05, 3.63) is 107 Å². The van der Waals surface area contributed by atoms with E-state index in [0.29, 0.717) is 17.7 Å². The topological polar surface area (TPSA) is 48.1 Å². The molecule has 1 fully saturated rings. The number of carbonyl (C=O) groups excluding carboxylic acids is 1. The lowest BCUT2D eigenvalue weighted by atomic mass is 10.1. The van der Waals surface area contributed by atoms with Gasteiger partial charge in [0, 0.05) is 16.2 Å². The van der Waals surface area contributed by atoms with Crippen LogP contribution >= 0.6 is 11.6 Å². The Hall–Kier alpha value is -3.52. The van der Waals surface area contributed by atoms with E-state index in [2.05, 4.69) is 53.2 Å². The number of terminal acetylenes is 1. The highest BCUT2D eigenvalue weighted by atomic mass is 35.5. The minimum atomic E-state index is 0.434. The molecule has 0 aromatic heterocycles.